The van der Waals surface area contributed by atoms with Crippen LogP contribution in [-0.2, 0) is 12.1 Å². The fourth-order valence-electron chi connectivity index (χ4n) is 3.60. The number of nitriles is 1. The summed E-state index contributed by atoms with van der Waals surface area (Å²) < 4.78 is 1.52. The Morgan fingerprint density at radius 2 is 2.28 bits per heavy atom. The molecule has 3 rings (SSSR count). The van der Waals surface area contributed by atoms with Gasteiger partial charge in [-0.05, 0) is 43.0 Å². The first kappa shape index (κ1) is 17.6. The third kappa shape index (κ3) is 3.74. The van der Waals surface area contributed by atoms with Gasteiger partial charge in [-0.3, -0.25) is 4.79 Å². The van der Waals surface area contributed by atoms with Gasteiger partial charge in [-0.2, -0.15) is 16.6 Å². The monoisotopic (exact) mass is 359 g/mol. The molecule has 0 unspecified atom stereocenters. The molecule has 1 aliphatic carbocycles. The second kappa shape index (κ2) is 7.36. The average molecular weight is 359 g/mol. The predicted octanol–water partition coefficient (Wildman–Crippen LogP) is 3.58. The van der Waals surface area contributed by atoms with Gasteiger partial charge in [0.2, 0.25) is 0 Å². The smallest absolute Gasteiger partial charge is 0.252 e. The highest BCUT2D eigenvalue weighted by Crippen LogP contribution is 2.40. The van der Waals surface area contributed by atoms with Crippen molar-refractivity contribution in [3.63, 3.8) is 0 Å². The lowest BCUT2D eigenvalue weighted by Gasteiger charge is -2.40. The maximum atomic E-state index is 12.7. The summed E-state index contributed by atoms with van der Waals surface area (Å²) in [5, 5.41) is 24.2. The van der Waals surface area contributed by atoms with E-state index in [1.165, 1.54) is 16.0 Å². The normalized spacial score (nSPS) is 22.8. The molecule has 6 nitrogen and oxygen atoms in total. The van der Waals surface area contributed by atoms with Crippen molar-refractivity contribution in [3.05, 3.63) is 34.3 Å². The Balaban J connectivity index is 0.00000243. The zero-order valence-electron chi connectivity index (χ0n) is 14.6. The van der Waals surface area contributed by atoms with E-state index in [9.17, 15) is 4.79 Å². The van der Waals surface area contributed by atoms with Crippen LogP contribution in [0.2, 0.25) is 0 Å². The van der Waals surface area contributed by atoms with Crippen molar-refractivity contribution >= 4 is 17.2 Å². The van der Waals surface area contributed by atoms with Crippen LogP contribution in [0.15, 0.2) is 23.0 Å². The average Bonchev–Trinajstić information content (AvgIpc) is 3.27. The summed E-state index contributed by atoms with van der Waals surface area (Å²) in [7, 11) is 0. The number of nitrogens with zero attached hydrogens (tertiary/aromatic N) is 4. The molecule has 1 amide bonds. The first-order chi connectivity index (χ1) is 12.0. The van der Waals surface area contributed by atoms with E-state index in [4.69, 9.17) is 5.26 Å². The highest BCUT2D eigenvalue weighted by atomic mass is 32.1. The molecule has 0 spiro atoms. The molecule has 0 aromatic carbocycles. The molecule has 1 aliphatic rings. The summed E-state index contributed by atoms with van der Waals surface area (Å²) in [6.45, 7) is 4.47. The minimum absolute atomic E-state index is 0. The molecular weight excluding hydrogens is 334 g/mol. The van der Waals surface area contributed by atoms with Gasteiger partial charge in [0.15, 0.2) is 0 Å². The number of aromatic nitrogens is 3. The molecule has 0 radical (unpaired) electrons. The van der Waals surface area contributed by atoms with Gasteiger partial charge in [0.1, 0.15) is 12.2 Å². The molecule has 1 fully saturated rings. The highest BCUT2D eigenvalue weighted by molar-refractivity contribution is 7.08. The summed E-state index contributed by atoms with van der Waals surface area (Å²) in [4.78, 5) is 12.7. The summed E-state index contributed by atoms with van der Waals surface area (Å²) in [6.07, 6.45) is 6.19. The SMILES string of the molecule is CC1CCC([C@](C)(NC(=O)c2ccsc2)c2cn(CC#N)nn2)CC1.[HH]. The topological polar surface area (TPSA) is 83.6 Å². The van der Waals surface area contributed by atoms with Gasteiger partial charge in [0.05, 0.1) is 23.4 Å². The van der Waals surface area contributed by atoms with Crippen LogP contribution in [0, 0.1) is 23.2 Å². The lowest BCUT2D eigenvalue weighted by Crippen LogP contribution is -2.50. The Labute approximate surface area is 153 Å². The third-order valence-electron chi connectivity index (χ3n) is 5.29. The van der Waals surface area contributed by atoms with Gasteiger partial charge in [-0.15, -0.1) is 5.10 Å². The van der Waals surface area contributed by atoms with Crippen molar-refractivity contribution in [1.82, 2.24) is 20.3 Å². The first-order valence-corrected chi connectivity index (χ1v) is 9.59. The van der Waals surface area contributed by atoms with E-state index in [2.05, 4.69) is 28.6 Å². The van der Waals surface area contributed by atoms with E-state index in [-0.39, 0.29) is 13.9 Å². The summed E-state index contributed by atoms with van der Waals surface area (Å²) >= 11 is 1.51. The third-order valence-corrected chi connectivity index (χ3v) is 5.98. The number of amides is 1. The van der Waals surface area contributed by atoms with E-state index in [1.54, 1.807) is 6.20 Å². The largest absolute Gasteiger partial charge is 0.341 e. The van der Waals surface area contributed by atoms with Gasteiger partial charge >= 0.3 is 0 Å². The Morgan fingerprint density at radius 1 is 1.52 bits per heavy atom. The molecular formula is C18H25N5OS. The van der Waals surface area contributed by atoms with Crippen LogP contribution >= 0.6 is 11.3 Å². The van der Waals surface area contributed by atoms with Crippen molar-refractivity contribution in [2.45, 2.75) is 51.6 Å². The van der Waals surface area contributed by atoms with Crippen molar-refractivity contribution in [1.29, 1.82) is 5.26 Å². The van der Waals surface area contributed by atoms with E-state index in [0.717, 1.165) is 37.3 Å². The van der Waals surface area contributed by atoms with Crippen molar-refractivity contribution < 1.29 is 6.22 Å². The molecule has 25 heavy (non-hydrogen) atoms. The molecule has 134 valence electrons. The maximum absolute atomic E-state index is 12.7. The number of nitrogens with one attached hydrogen (secondary N) is 1. The van der Waals surface area contributed by atoms with E-state index in [0.29, 0.717) is 11.5 Å². The van der Waals surface area contributed by atoms with Crippen LogP contribution < -0.4 is 5.32 Å². The van der Waals surface area contributed by atoms with Gasteiger partial charge in [0, 0.05) is 6.81 Å². The number of carbonyl (C=O) groups is 1. The zero-order chi connectivity index (χ0) is 17.9. The first-order valence-electron chi connectivity index (χ1n) is 8.65. The van der Waals surface area contributed by atoms with Crippen LogP contribution in [0.1, 0.15) is 57.0 Å². The van der Waals surface area contributed by atoms with Gasteiger partial charge in [-0.1, -0.05) is 25.0 Å². The molecule has 0 aliphatic heterocycles. The molecule has 2 aromatic rings. The van der Waals surface area contributed by atoms with Gasteiger partial charge in [0.25, 0.3) is 5.91 Å². The van der Waals surface area contributed by atoms with E-state index < -0.39 is 5.54 Å². The Morgan fingerprint density at radius 3 is 2.92 bits per heavy atom. The fourth-order valence-corrected chi connectivity index (χ4v) is 4.24. The van der Waals surface area contributed by atoms with Crippen LogP contribution in [0.3, 0.4) is 0 Å². The quantitative estimate of drug-likeness (QED) is 0.884. The number of hydrogen-bond donors (Lipinski definition) is 1. The van der Waals surface area contributed by atoms with Gasteiger partial charge in [-0.25, -0.2) is 4.68 Å². The second-order valence-electron chi connectivity index (χ2n) is 7.08. The number of hydrogen-bond acceptors (Lipinski definition) is 5. The molecule has 7 heteroatoms. The lowest BCUT2D eigenvalue weighted by molar-refractivity contribution is 0.0813. The van der Waals surface area contributed by atoms with Crippen LogP contribution in [0.25, 0.3) is 0 Å². The Bertz CT molecular complexity index is 761. The number of rotatable bonds is 5. The summed E-state index contributed by atoms with van der Waals surface area (Å²) in [5.41, 5.74) is 0.808. The molecule has 1 saturated carbocycles. The van der Waals surface area contributed by atoms with E-state index in [1.807, 2.05) is 23.8 Å². The maximum Gasteiger partial charge on any atom is 0.252 e. The number of thiophene rings is 1. The van der Waals surface area contributed by atoms with Crippen molar-refractivity contribution in [2.75, 3.05) is 0 Å². The lowest BCUT2D eigenvalue weighted by atomic mass is 9.71. The second-order valence-corrected chi connectivity index (χ2v) is 7.86. The van der Waals surface area contributed by atoms with Crippen LogP contribution in [-0.4, -0.2) is 20.9 Å². The molecule has 2 aromatic heterocycles. The van der Waals surface area contributed by atoms with Crippen LogP contribution in [0.4, 0.5) is 0 Å². The fraction of sp³-hybridized carbons (Fsp3) is 0.556. The molecule has 0 saturated heterocycles. The Kier molecular flexibility index (Phi) is 5.19. The molecule has 2 heterocycles. The minimum Gasteiger partial charge on any atom is -0.341 e. The van der Waals surface area contributed by atoms with Crippen molar-refractivity contribution in [2.24, 2.45) is 11.8 Å². The van der Waals surface area contributed by atoms with Crippen molar-refractivity contribution in [3.8, 4) is 6.07 Å². The zero-order valence-corrected chi connectivity index (χ0v) is 15.4. The molecule has 0 bridgehead atoms. The van der Waals surface area contributed by atoms with Crippen LogP contribution in [0.5, 0.6) is 0 Å². The molecule has 1 atom stereocenters. The standard InChI is InChI=1S/C18H23N5OS.H2/c1-13-3-5-15(6-4-13)18(2,16-11-23(9-8-19)22-21-16)20-17(24)14-7-10-25-12-14;/h7,10-13,15H,3-6,9H2,1-2H3,(H,20,24);1H/t13?,15?,18-;/m0./s1. The Hall–Kier alpha value is -2.20. The summed E-state index contributed by atoms with van der Waals surface area (Å²) in [6, 6.07) is 3.90. The highest BCUT2D eigenvalue weighted by Gasteiger charge is 2.41. The minimum atomic E-state index is -0.590. The summed E-state index contributed by atoms with van der Waals surface area (Å²) in [5.74, 6) is 0.943. The number of carbonyl (C=O) groups excluding carboxylic acids is 1. The van der Waals surface area contributed by atoms with E-state index >= 15 is 0 Å². The predicted molar refractivity (Wildman–Crippen MR) is 98.0 cm³/mol. The van der Waals surface area contributed by atoms with Gasteiger partial charge < -0.3 is 5.32 Å². The molecule has 1 N–H and O–H groups in total.